The van der Waals surface area contributed by atoms with Crippen LogP contribution in [0.3, 0.4) is 0 Å². The molecule has 0 unspecified atom stereocenters. The molecule has 0 radical (unpaired) electrons. The number of ether oxygens (including phenoxy) is 1. The molecule has 1 rings (SSSR count). The summed E-state index contributed by atoms with van der Waals surface area (Å²) in [7, 11) is 1.61. The van der Waals surface area contributed by atoms with E-state index in [0.717, 1.165) is 16.1 Å². The Labute approximate surface area is 106 Å². The number of nitrogens with two attached hydrogens (primary N) is 1. The van der Waals surface area contributed by atoms with Crippen LogP contribution in [-0.2, 0) is 9.53 Å². The number of anilines is 1. The van der Waals surface area contributed by atoms with Gasteiger partial charge in [0.2, 0.25) is 5.91 Å². The fourth-order valence-corrected chi connectivity index (χ4v) is 2.16. The second-order valence-electron chi connectivity index (χ2n) is 3.66. The van der Waals surface area contributed by atoms with Gasteiger partial charge in [0.15, 0.2) is 0 Å². The molecule has 0 aliphatic rings. The zero-order valence-electron chi connectivity index (χ0n) is 10.2. The Morgan fingerprint density at radius 3 is 2.94 bits per heavy atom. The molecule has 0 atom stereocenters. The molecule has 1 aromatic carbocycles. The molecule has 0 fully saturated rings. The number of carbonyl (C=O) groups is 1. The molecule has 1 aromatic rings. The highest BCUT2D eigenvalue weighted by Gasteiger charge is 2.04. The number of amides is 1. The normalized spacial score (nSPS) is 10.2. The highest BCUT2D eigenvalue weighted by Crippen LogP contribution is 2.23. The minimum Gasteiger partial charge on any atom is -0.399 e. The van der Waals surface area contributed by atoms with Gasteiger partial charge in [0.25, 0.3) is 0 Å². The third-order valence-electron chi connectivity index (χ3n) is 2.19. The van der Waals surface area contributed by atoms with Crippen molar-refractivity contribution < 1.29 is 9.53 Å². The van der Waals surface area contributed by atoms with E-state index >= 15 is 0 Å². The lowest BCUT2D eigenvalue weighted by atomic mass is 10.2. The minimum absolute atomic E-state index is 0.0169. The molecule has 3 N–H and O–H groups in total. The monoisotopic (exact) mass is 254 g/mol. The zero-order valence-corrected chi connectivity index (χ0v) is 11.0. The number of nitrogens with one attached hydrogen (secondary N) is 1. The quantitative estimate of drug-likeness (QED) is 0.458. The molecule has 0 aliphatic carbocycles. The number of rotatable bonds is 6. The number of aryl methyl sites for hydroxylation is 1. The van der Waals surface area contributed by atoms with Crippen molar-refractivity contribution in [1.82, 2.24) is 5.32 Å². The molecule has 0 spiro atoms. The van der Waals surface area contributed by atoms with Gasteiger partial charge in [-0.25, -0.2) is 0 Å². The summed E-state index contributed by atoms with van der Waals surface area (Å²) in [5.41, 5.74) is 7.51. The molecule has 5 heteroatoms. The fourth-order valence-electron chi connectivity index (χ4n) is 1.32. The fraction of sp³-hybridized carbons (Fsp3) is 0.417. The highest BCUT2D eigenvalue weighted by molar-refractivity contribution is 8.00. The van der Waals surface area contributed by atoms with Crippen molar-refractivity contribution in [2.45, 2.75) is 11.8 Å². The summed E-state index contributed by atoms with van der Waals surface area (Å²) in [6.07, 6.45) is 0. The first-order chi connectivity index (χ1) is 8.13. The van der Waals surface area contributed by atoms with Crippen molar-refractivity contribution in [3.05, 3.63) is 23.8 Å². The van der Waals surface area contributed by atoms with Crippen LogP contribution in [0.15, 0.2) is 23.1 Å². The van der Waals surface area contributed by atoms with Crippen LogP contribution in [0, 0.1) is 6.92 Å². The Bertz CT molecular complexity index is 383. The lowest BCUT2D eigenvalue weighted by Gasteiger charge is -2.07. The summed E-state index contributed by atoms with van der Waals surface area (Å²) in [4.78, 5) is 12.5. The van der Waals surface area contributed by atoms with E-state index in [1.54, 1.807) is 7.11 Å². The second-order valence-corrected chi connectivity index (χ2v) is 4.67. The molecule has 0 bridgehead atoms. The maximum Gasteiger partial charge on any atom is 0.230 e. The van der Waals surface area contributed by atoms with Gasteiger partial charge in [0, 0.05) is 24.2 Å². The van der Waals surface area contributed by atoms with Gasteiger partial charge in [-0.15, -0.1) is 11.8 Å². The van der Waals surface area contributed by atoms with Crippen molar-refractivity contribution in [3.63, 3.8) is 0 Å². The largest absolute Gasteiger partial charge is 0.399 e. The van der Waals surface area contributed by atoms with Crippen LogP contribution in [0.1, 0.15) is 5.56 Å². The van der Waals surface area contributed by atoms with Gasteiger partial charge in [-0.1, -0.05) is 0 Å². The summed E-state index contributed by atoms with van der Waals surface area (Å²) in [6, 6.07) is 5.70. The van der Waals surface area contributed by atoms with Crippen LogP contribution >= 0.6 is 11.8 Å². The first-order valence-electron chi connectivity index (χ1n) is 5.38. The van der Waals surface area contributed by atoms with Crippen LogP contribution in [0.4, 0.5) is 5.69 Å². The van der Waals surface area contributed by atoms with E-state index in [9.17, 15) is 4.79 Å². The maximum atomic E-state index is 11.5. The SMILES string of the molecule is COCCNC(=O)CSc1ccc(N)cc1C. The molecular formula is C12H18N2O2S. The standard InChI is InChI=1S/C12H18N2O2S/c1-9-7-10(13)3-4-11(9)17-8-12(15)14-5-6-16-2/h3-4,7H,5-6,8,13H2,1-2H3,(H,14,15). The second kappa shape index (κ2) is 7.19. The van der Waals surface area contributed by atoms with Crippen LogP contribution in [0.25, 0.3) is 0 Å². The van der Waals surface area contributed by atoms with E-state index < -0.39 is 0 Å². The molecule has 17 heavy (non-hydrogen) atoms. The van der Waals surface area contributed by atoms with Crippen molar-refractivity contribution >= 4 is 23.4 Å². The number of carbonyl (C=O) groups excluding carboxylic acids is 1. The number of nitrogen functional groups attached to an aromatic ring is 1. The summed E-state index contributed by atoms with van der Waals surface area (Å²) >= 11 is 1.51. The van der Waals surface area contributed by atoms with E-state index in [1.807, 2.05) is 25.1 Å². The Balaban J connectivity index is 2.37. The van der Waals surface area contributed by atoms with E-state index in [-0.39, 0.29) is 5.91 Å². The molecule has 1 amide bonds. The molecular weight excluding hydrogens is 236 g/mol. The van der Waals surface area contributed by atoms with E-state index in [0.29, 0.717) is 18.9 Å². The molecule has 0 aliphatic heterocycles. The number of hydrogen-bond acceptors (Lipinski definition) is 4. The molecule has 94 valence electrons. The molecule has 4 nitrogen and oxygen atoms in total. The third kappa shape index (κ3) is 5.10. The van der Waals surface area contributed by atoms with Crippen molar-refractivity contribution in [2.75, 3.05) is 31.7 Å². The van der Waals surface area contributed by atoms with Crippen molar-refractivity contribution in [1.29, 1.82) is 0 Å². The van der Waals surface area contributed by atoms with Gasteiger partial charge in [-0.3, -0.25) is 4.79 Å². The summed E-state index contributed by atoms with van der Waals surface area (Å²) in [6.45, 7) is 3.08. The van der Waals surface area contributed by atoms with Gasteiger partial charge >= 0.3 is 0 Å². The molecule has 0 saturated carbocycles. The Morgan fingerprint density at radius 1 is 1.53 bits per heavy atom. The first kappa shape index (κ1) is 13.9. The van der Waals surface area contributed by atoms with Crippen LogP contribution < -0.4 is 11.1 Å². The van der Waals surface area contributed by atoms with Crippen LogP contribution in [0.2, 0.25) is 0 Å². The number of benzene rings is 1. The van der Waals surface area contributed by atoms with E-state index in [4.69, 9.17) is 10.5 Å². The molecule has 0 saturated heterocycles. The van der Waals surface area contributed by atoms with Crippen molar-refractivity contribution in [2.24, 2.45) is 0 Å². The molecule has 0 aromatic heterocycles. The minimum atomic E-state index is 0.0169. The number of hydrogen-bond donors (Lipinski definition) is 2. The summed E-state index contributed by atoms with van der Waals surface area (Å²) < 4.78 is 4.85. The zero-order chi connectivity index (χ0) is 12.7. The third-order valence-corrected chi connectivity index (χ3v) is 3.36. The smallest absolute Gasteiger partial charge is 0.230 e. The van der Waals surface area contributed by atoms with Gasteiger partial charge < -0.3 is 15.8 Å². The number of thioether (sulfide) groups is 1. The maximum absolute atomic E-state index is 11.5. The Morgan fingerprint density at radius 2 is 2.29 bits per heavy atom. The van der Waals surface area contributed by atoms with E-state index in [1.165, 1.54) is 11.8 Å². The summed E-state index contributed by atoms with van der Waals surface area (Å²) in [5.74, 6) is 0.428. The lowest BCUT2D eigenvalue weighted by molar-refractivity contribution is -0.118. The first-order valence-corrected chi connectivity index (χ1v) is 6.36. The average molecular weight is 254 g/mol. The van der Waals surface area contributed by atoms with Crippen LogP contribution in [-0.4, -0.2) is 31.9 Å². The lowest BCUT2D eigenvalue weighted by Crippen LogP contribution is -2.28. The van der Waals surface area contributed by atoms with E-state index in [2.05, 4.69) is 5.32 Å². The van der Waals surface area contributed by atoms with Crippen molar-refractivity contribution in [3.8, 4) is 0 Å². The average Bonchev–Trinajstić information content (AvgIpc) is 2.28. The Hall–Kier alpha value is -1.20. The predicted octanol–water partition coefficient (Wildman–Crippen LogP) is 1.43. The highest BCUT2D eigenvalue weighted by atomic mass is 32.2. The van der Waals surface area contributed by atoms with Gasteiger partial charge in [0.1, 0.15) is 0 Å². The predicted molar refractivity (Wildman–Crippen MR) is 71.2 cm³/mol. The van der Waals surface area contributed by atoms with Gasteiger partial charge in [-0.2, -0.15) is 0 Å². The van der Waals surface area contributed by atoms with Crippen LogP contribution in [0.5, 0.6) is 0 Å². The summed E-state index contributed by atoms with van der Waals surface area (Å²) in [5, 5.41) is 2.78. The molecule has 0 heterocycles. The van der Waals surface area contributed by atoms with Gasteiger partial charge in [-0.05, 0) is 30.7 Å². The van der Waals surface area contributed by atoms with Gasteiger partial charge in [0.05, 0.1) is 12.4 Å². The number of methoxy groups -OCH3 is 1. The topological polar surface area (TPSA) is 64.3 Å². The Kier molecular flexibility index (Phi) is 5.86.